The molecule has 0 amide bonds. The molecule has 1 saturated carbocycles. The third-order valence-electron chi connectivity index (χ3n) is 7.16. The summed E-state index contributed by atoms with van der Waals surface area (Å²) in [6.45, 7) is 5.29. The lowest BCUT2D eigenvalue weighted by molar-refractivity contribution is 0.0581. The summed E-state index contributed by atoms with van der Waals surface area (Å²) in [5, 5.41) is 10.1. The van der Waals surface area contributed by atoms with Crippen LogP contribution in [0.3, 0.4) is 0 Å². The number of halogens is 1. The molecular weight excluding hydrogens is 424 g/mol. The third kappa shape index (κ3) is 3.39. The van der Waals surface area contributed by atoms with E-state index in [4.69, 9.17) is 21.4 Å². The van der Waals surface area contributed by atoms with Gasteiger partial charge in [0.05, 0.1) is 18.8 Å². The SMILES string of the molecule is COCCN1Cc2cc(Cl)ccc2-n2c(nnc2C2CC3(C2)CN(c2ccccn2)C3)C1. The van der Waals surface area contributed by atoms with Gasteiger partial charge in [0.2, 0.25) is 0 Å². The van der Waals surface area contributed by atoms with Gasteiger partial charge >= 0.3 is 0 Å². The highest BCUT2D eigenvalue weighted by atomic mass is 35.5. The van der Waals surface area contributed by atoms with Crippen molar-refractivity contribution < 1.29 is 4.74 Å². The monoisotopic (exact) mass is 450 g/mol. The van der Waals surface area contributed by atoms with Crippen LogP contribution in [0, 0.1) is 5.41 Å². The van der Waals surface area contributed by atoms with Crippen LogP contribution in [0.5, 0.6) is 0 Å². The molecule has 1 aromatic carbocycles. The Kier molecular flexibility index (Phi) is 4.93. The minimum atomic E-state index is 0.395. The van der Waals surface area contributed by atoms with E-state index in [1.807, 2.05) is 18.3 Å². The van der Waals surface area contributed by atoms with Crippen molar-refractivity contribution in [2.24, 2.45) is 5.41 Å². The maximum atomic E-state index is 6.36. The quantitative estimate of drug-likeness (QED) is 0.591. The van der Waals surface area contributed by atoms with E-state index in [9.17, 15) is 0 Å². The van der Waals surface area contributed by atoms with Crippen molar-refractivity contribution in [1.82, 2.24) is 24.6 Å². The van der Waals surface area contributed by atoms with E-state index in [2.05, 4.69) is 48.7 Å². The van der Waals surface area contributed by atoms with Crippen LogP contribution in [0.4, 0.5) is 5.82 Å². The molecule has 1 aliphatic carbocycles. The molecule has 4 heterocycles. The van der Waals surface area contributed by atoms with Crippen LogP contribution < -0.4 is 4.90 Å². The summed E-state index contributed by atoms with van der Waals surface area (Å²) in [6.07, 6.45) is 4.19. The second-order valence-electron chi connectivity index (χ2n) is 9.44. The van der Waals surface area contributed by atoms with E-state index in [-0.39, 0.29) is 0 Å². The molecule has 0 N–H and O–H groups in total. The molecule has 0 bridgehead atoms. The molecule has 1 saturated heterocycles. The normalized spacial score (nSPS) is 19.8. The Hall–Kier alpha value is -2.48. The molecule has 2 fully saturated rings. The van der Waals surface area contributed by atoms with Gasteiger partial charge in [-0.05, 0) is 48.7 Å². The van der Waals surface area contributed by atoms with Crippen LogP contribution >= 0.6 is 11.6 Å². The van der Waals surface area contributed by atoms with Crippen LogP contribution in [-0.2, 0) is 17.8 Å². The Balaban J connectivity index is 1.24. The van der Waals surface area contributed by atoms with Crippen molar-refractivity contribution >= 4 is 17.4 Å². The lowest BCUT2D eigenvalue weighted by atomic mass is 9.57. The molecule has 0 unspecified atom stereocenters. The number of hydrogen-bond acceptors (Lipinski definition) is 6. The molecule has 3 aliphatic rings. The fourth-order valence-electron chi connectivity index (χ4n) is 5.63. The first kappa shape index (κ1) is 20.1. The molecule has 0 radical (unpaired) electrons. The number of ether oxygens (including phenoxy) is 1. The fourth-order valence-corrected chi connectivity index (χ4v) is 5.82. The molecular formula is C24H27ClN6O. The third-order valence-corrected chi connectivity index (χ3v) is 7.39. The Morgan fingerprint density at radius 2 is 2.00 bits per heavy atom. The summed E-state index contributed by atoms with van der Waals surface area (Å²) in [5.74, 6) is 3.62. The van der Waals surface area contributed by atoms with Gasteiger partial charge in [0.1, 0.15) is 11.6 Å². The van der Waals surface area contributed by atoms with E-state index in [1.54, 1.807) is 7.11 Å². The van der Waals surface area contributed by atoms with Gasteiger partial charge in [-0.15, -0.1) is 10.2 Å². The molecule has 1 spiro atoms. The van der Waals surface area contributed by atoms with Gasteiger partial charge in [-0.25, -0.2) is 4.98 Å². The van der Waals surface area contributed by atoms with Crippen molar-refractivity contribution in [1.29, 1.82) is 0 Å². The fraction of sp³-hybridized carbons (Fsp3) is 0.458. The summed E-state index contributed by atoms with van der Waals surface area (Å²) in [7, 11) is 1.74. The first-order valence-electron chi connectivity index (χ1n) is 11.2. The second-order valence-corrected chi connectivity index (χ2v) is 9.87. The number of aromatic nitrogens is 4. The number of benzene rings is 1. The van der Waals surface area contributed by atoms with Gasteiger partial charge < -0.3 is 9.64 Å². The number of fused-ring (bicyclic) bond motifs is 3. The summed E-state index contributed by atoms with van der Waals surface area (Å²) in [5.41, 5.74) is 2.77. The topological polar surface area (TPSA) is 59.3 Å². The zero-order chi connectivity index (χ0) is 21.7. The van der Waals surface area contributed by atoms with E-state index >= 15 is 0 Å². The van der Waals surface area contributed by atoms with Crippen molar-refractivity contribution in [2.75, 3.05) is 38.3 Å². The van der Waals surface area contributed by atoms with Gasteiger partial charge in [0, 0.05) is 55.8 Å². The largest absolute Gasteiger partial charge is 0.383 e. The number of methoxy groups -OCH3 is 1. The van der Waals surface area contributed by atoms with Gasteiger partial charge in [0.15, 0.2) is 5.82 Å². The molecule has 3 aromatic rings. The van der Waals surface area contributed by atoms with Crippen molar-refractivity contribution in [3.05, 3.63) is 64.8 Å². The number of anilines is 1. The predicted octanol–water partition coefficient (Wildman–Crippen LogP) is 3.66. The zero-order valence-corrected chi connectivity index (χ0v) is 19.0. The van der Waals surface area contributed by atoms with Crippen molar-refractivity contribution in [3.8, 4) is 5.69 Å². The van der Waals surface area contributed by atoms with Gasteiger partial charge in [0.25, 0.3) is 0 Å². The van der Waals surface area contributed by atoms with Crippen LogP contribution in [0.25, 0.3) is 5.69 Å². The lowest BCUT2D eigenvalue weighted by Gasteiger charge is -2.59. The highest BCUT2D eigenvalue weighted by Gasteiger charge is 2.54. The van der Waals surface area contributed by atoms with Crippen molar-refractivity contribution in [3.63, 3.8) is 0 Å². The minimum absolute atomic E-state index is 0.395. The van der Waals surface area contributed by atoms with Crippen LogP contribution in [0.2, 0.25) is 5.02 Å². The number of pyridine rings is 1. The average Bonchev–Trinajstić information content (AvgIpc) is 3.07. The maximum Gasteiger partial charge on any atom is 0.151 e. The van der Waals surface area contributed by atoms with Crippen LogP contribution in [0.15, 0.2) is 42.6 Å². The molecule has 0 atom stereocenters. The highest BCUT2D eigenvalue weighted by Crippen LogP contribution is 2.56. The predicted molar refractivity (Wildman–Crippen MR) is 123 cm³/mol. The Labute approximate surface area is 193 Å². The summed E-state index contributed by atoms with van der Waals surface area (Å²) >= 11 is 6.36. The Bertz CT molecular complexity index is 1120. The van der Waals surface area contributed by atoms with Gasteiger partial charge in [-0.2, -0.15) is 0 Å². The second kappa shape index (κ2) is 7.83. The Morgan fingerprint density at radius 1 is 1.12 bits per heavy atom. The zero-order valence-electron chi connectivity index (χ0n) is 18.2. The smallest absolute Gasteiger partial charge is 0.151 e. The summed E-state index contributed by atoms with van der Waals surface area (Å²) in [6, 6.07) is 12.3. The molecule has 2 aromatic heterocycles. The molecule has 166 valence electrons. The minimum Gasteiger partial charge on any atom is -0.383 e. The van der Waals surface area contributed by atoms with Gasteiger partial charge in [-0.1, -0.05) is 17.7 Å². The van der Waals surface area contributed by atoms with Crippen molar-refractivity contribution in [2.45, 2.75) is 31.8 Å². The number of nitrogens with zero attached hydrogens (tertiary/aromatic N) is 6. The van der Waals surface area contributed by atoms with Gasteiger partial charge in [-0.3, -0.25) is 9.47 Å². The summed E-state index contributed by atoms with van der Waals surface area (Å²) in [4.78, 5) is 9.23. The maximum absolute atomic E-state index is 6.36. The Morgan fingerprint density at radius 3 is 2.78 bits per heavy atom. The lowest BCUT2D eigenvalue weighted by Crippen LogP contribution is -2.62. The number of rotatable bonds is 5. The first-order valence-corrected chi connectivity index (χ1v) is 11.6. The molecule has 2 aliphatic heterocycles. The molecule has 6 rings (SSSR count). The van der Waals surface area contributed by atoms with Crippen LogP contribution in [0.1, 0.15) is 36.0 Å². The van der Waals surface area contributed by atoms with E-state index in [0.29, 0.717) is 17.9 Å². The first-order chi connectivity index (χ1) is 15.6. The molecule has 32 heavy (non-hydrogen) atoms. The van der Waals surface area contributed by atoms with E-state index in [1.165, 1.54) is 5.56 Å². The summed E-state index contributed by atoms with van der Waals surface area (Å²) < 4.78 is 7.62. The number of hydrogen-bond donors (Lipinski definition) is 0. The van der Waals surface area contributed by atoms with E-state index in [0.717, 1.165) is 73.7 Å². The van der Waals surface area contributed by atoms with Crippen LogP contribution in [-0.4, -0.2) is 58.0 Å². The highest BCUT2D eigenvalue weighted by molar-refractivity contribution is 6.30. The molecule has 7 nitrogen and oxygen atoms in total. The van der Waals surface area contributed by atoms with E-state index < -0.39 is 0 Å². The standard InChI is InChI=1S/C24H27ClN6O/c1-32-9-8-29-13-17-10-19(25)5-6-20(17)31-22(14-29)27-28-23(31)18-11-24(12-18)15-30(16-24)21-4-2-3-7-26-21/h2-7,10,18H,8-9,11-16H2,1H3. The molecule has 8 heteroatoms. The average molecular weight is 451 g/mol.